The molecule has 0 heterocycles. The van der Waals surface area contributed by atoms with Crippen molar-refractivity contribution in [2.75, 3.05) is 5.32 Å². The predicted molar refractivity (Wildman–Crippen MR) is 62.7 cm³/mol. The monoisotopic (exact) mass is 293 g/mol. The molecule has 0 saturated carbocycles. The first-order valence-corrected chi connectivity index (χ1v) is 6.10. The molecule has 0 aliphatic heterocycles. The number of amides is 1. The summed E-state index contributed by atoms with van der Waals surface area (Å²) in [7, 11) is 0. The summed E-state index contributed by atoms with van der Waals surface area (Å²) >= 11 is 0. The van der Waals surface area contributed by atoms with Gasteiger partial charge >= 0.3 is 18.0 Å². The minimum atomic E-state index is -5.90. The number of nitrogens with one attached hydrogen (secondary N) is 1. The van der Waals surface area contributed by atoms with Crippen molar-refractivity contribution in [1.82, 2.24) is 0 Å². The smallest absolute Gasteiger partial charge is 0.320 e. The Labute approximate surface area is 112 Å². The van der Waals surface area contributed by atoms with Crippen molar-refractivity contribution in [3.8, 4) is 0 Å². The Hall–Kier alpha value is -1.66. The van der Waals surface area contributed by atoms with Crippen molar-refractivity contribution >= 4 is 11.6 Å². The summed E-state index contributed by atoms with van der Waals surface area (Å²) in [6.45, 7) is 0. The summed E-state index contributed by atoms with van der Waals surface area (Å²) in [6.07, 6.45) is -2.86. The number of aryl methyl sites for hydroxylation is 1. The Balaban J connectivity index is 2.25. The third kappa shape index (κ3) is 2.62. The van der Waals surface area contributed by atoms with E-state index in [1.807, 2.05) is 0 Å². The standard InChI is InChI=1S/C13H12F5NO/c14-12(15,13(16,17)18)11(20)19-10-7-3-5-8-4-1-2-6-9(8)10/h3,5,7H,1-2,4,6H2,(H,19,20). The van der Waals surface area contributed by atoms with Gasteiger partial charge in [0.2, 0.25) is 0 Å². The van der Waals surface area contributed by atoms with Gasteiger partial charge in [0.15, 0.2) is 0 Å². The van der Waals surface area contributed by atoms with Crippen molar-refractivity contribution in [2.24, 2.45) is 0 Å². The number of hydrogen-bond donors (Lipinski definition) is 1. The van der Waals surface area contributed by atoms with Gasteiger partial charge in [-0.25, -0.2) is 0 Å². The maximum absolute atomic E-state index is 12.9. The molecule has 20 heavy (non-hydrogen) atoms. The fourth-order valence-electron chi connectivity index (χ4n) is 2.23. The fourth-order valence-corrected chi connectivity index (χ4v) is 2.23. The third-order valence-electron chi connectivity index (χ3n) is 3.29. The topological polar surface area (TPSA) is 29.1 Å². The number of carbonyl (C=O) groups is 1. The van der Waals surface area contributed by atoms with Gasteiger partial charge in [0, 0.05) is 5.69 Å². The van der Waals surface area contributed by atoms with E-state index in [-0.39, 0.29) is 5.69 Å². The first-order valence-electron chi connectivity index (χ1n) is 6.10. The summed E-state index contributed by atoms with van der Waals surface area (Å²) in [5, 5.41) is 1.71. The molecule has 7 heteroatoms. The maximum atomic E-state index is 12.9. The van der Waals surface area contributed by atoms with Crippen molar-refractivity contribution < 1.29 is 26.7 Å². The second-order valence-electron chi connectivity index (χ2n) is 4.68. The molecule has 1 aliphatic carbocycles. The van der Waals surface area contributed by atoms with Crippen LogP contribution >= 0.6 is 0 Å². The molecule has 0 atom stereocenters. The Kier molecular flexibility index (Phi) is 3.71. The number of anilines is 1. The van der Waals surface area contributed by atoms with Gasteiger partial charge in [-0.15, -0.1) is 0 Å². The van der Waals surface area contributed by atoms with Crippen LogP contribution in [0.25, 0.3) is 0 Å². The molecule has 1 aromatic rings. The van der Waals surface area contributed by atoms with E-state index in [9.17, 15) is 26.7 Å². The molecular weight excluding hydrogens is 281 g/mol. The van der Waals surface area contributed by atoms with Crippen LogP contribution in [0.5, 0.6) is 0 Å². The molecule has 110 valence electrons. The van der Waals surface area contributed by atoms with E-state index >= 15 is 0 Å². The summed E-state index contributed by atoms with van der Waals surface area (Å²) in [5.41, 5.74) is 1.56. The number of hydrogen-bond acceptors (Lipinski definition) is 1. The van der Waals surface area contributed by atoms with E-state index in [0.717, 1.165) is 24.8 Å². The van der Waals surface area contributed by atoms with Crippen LogP contribution in [0, 0.1) is 0 Å². The molecule has 0 spiro atoms. The van der Waals surface area contributed by atoms with Crippen LogP contribution in [-0.2, 0) is 17.6 Å². The number of benzene rings is 1. The Morgan fingerprint density at radius 2 is 1.70 bits per heavy atom. The quantitative estimate of drug-likeness (QED) is 0.828. The van der Waals surface area contributed by atoms with E-state index in [1.54, 1.807) is 11.4 Å². The highest BCUT2D eigenvalue weighted by atomic mass is 19.4. The molecule has 0 aromatic heterocycles. The number of alkyl halides is 5. The molecule has 0 radical (unpaired) electrons. The number of fused-ring (bicyclic) bond motifs is 1. The van der Waals surface area contributed by atoms with Crippen LogP contribution in [0.2, 0.25) is 0 Å². The van der Waals surface area contributed by atoms with Gasteiger partial charge in [0.05, 0.1) is 0 Å². The minimum Gasteiger partial charge on any atom is -0.320 e. The SMILES string of the molecule is O=C(Nc1cccc2c1CCCC2)C(F)(F)C(F)(F)F. The fraction of sp³-hybridized carbons (Fsp3) is 0.462. The highest BCUT2D eigenvalue weighted by Crippen LogP contribution is 2.37. The molecule has 1 amide bonds. The van der Waals surface area contributed by atoms with E-state index < -0.39 is 18.0 Å². The average Bonchev–Trinajstić information content (AvgIpc) is 2.37. The highest BCUT2D eigenvalue weighted by Gasteiger charge is 2.63. The van der Waals surface area contributed by atoms with Crippen LogP contribution in [-0.4, -0.2) is 18.0 Å². The zero-order valence-corrected chi connectivity index (χ0v) is 10.4. The minimum absolute atomic E-state index is 0.0381. The number of halogens is 5. The van der Waals surface area contributed by atoms with Gasteiger partial charge in [0.25, 0.3) is 0 Å². The Morgan fingerprint density at radius 3 is 2.35 bits per heavy atom. The largest absolute Gasteiger partial charge is 0.463 e. The molecule has 0 saturated heterocycles. The predicted octanol–water partition coefficient (Wildman–Crippen LogP) is 3.70. The van der Waals surface area contributed by atoms with E-state index in [4.69, 9.17) is 0 Å². The maximum Gasteiger partial charge on any atom is 0.463 e. The molecule has 1 N–H and O–H groups in total. The van der Waals surface area contributed by atoms with Crippen molar-refractivity contribution in [3.05, 3.63) is 29.3 Å². The molecule has 2 rings (SSSR count). The molecule has 0 fully saturated rings. The highest BCUT2D eigenvalue weighted by molar-refractivity contribution is 5.97. The lowest BCUT2D eigenvalue weighted by atomic mass is 9.90. The summed E-state index contributed by atoms with van der Waals surface area (Å²) < 4.78 is 62.2. The van der Waals surface area contributed by atoms with E-state index in [2.05, 4.69) is 0 Å². The summed E-state index contributed by atoms with van der Waals surface area (Å²) in [5.74, 6) is -7.74. The lowest BCUT2D eigenvalue weighted by Crippen LogP contribution is -2.47. The van der Waals surface area contributed by atoms with Crippen LogP contribution < -0.4 is 5.32 Å². The molecule has 0 unspecified atom stereocenters. The zero-order valence-electron chi connectivity index (χ0n) is 10.4. The second kappa shape index (κ2) is 5.03. The third-order valence-corrected chi connectivity index (χ3v) is 3.29. The van der Waals surface area contributed by atoms with Gasteiger partial charge in [-0.1, -0.05) is 12.1 Å². The lowest BCUT2D eigenvalue weighted by molar-refractivity contribution is -0.267. The van der Waals surface area contributed by atoms with E-state index in [1.165, 1.54) is 12.1 Å². The molecule has 1 aliphatic rings. The molecular formula is C13H12F5NO. The molecule has 0 bridgehead atoms. The van der Waals surface area contributed by atoms with Gasteiger partial charge in [-0.05, 0) is 42.9 Å². The van der Waals surface area contributed by atoms with E-state index in [0.29, 0.717) is 12.0 Å². The average molecular weight is 293 g/mol. The van der Waals surface area contributed by atoms with Gasteiger partial charge in [-0.3, -0.25) is 4.79 Å². The van der Waals surface area contributed by atoms with Crippen LogP contribution in [0.3, 0.4) is 0 Å². The van der Waals surface area contributed by atoms with Gasteiger partial charge < -0.3 is 5.32 Å². The summed E-state index contributed by atoms with van der Waals surface area (Å²) in [6, 6.07) is 4.66. The molecule has 2 nitrogen and oxygen atoms in total. The lowest BCUT2D eigenvalue weighted by Gasteiger charge is -2.22. The van der Waals surface area contributed by atoms with Crippen LogP contribution in [0.1, 0.15) is 24.0 Å². The van der Waals surface area contributed by atoms with Crippen LogP contribution in [0.15, 0.2) is 18.2 Å². The van der Waals surface area contributed by atoms with Crippen molar-refractivity contribution in [2.45, 2.75) is 37.8 Å². The zero-order chi connectivity index (χ0) is 15.0. The molecule has 1 aromatic carbocycles. The Bertz CT molecular complexity index is 524. The Morgan fingerprint density at radius 1 is 1.05 bits per heavy atom. The van der Waals surface area contributed by atoms with Gasteiger partial charge in [0.1, 0.15) is 0 Å². The van der Waals surface area contributed by atoms with Gasteiger partial charge in [-0.2, -0.15) is 22.0 Å². The second-order valence-corrected chi connectivity index (χ2v) is 4.68. The van der Waals surface area contributed by atoms with Crippen molar-refractivity contribution in [3.63, 3.8) is 0 Å². The van der Waals surface area contributed by atoms with Crippen molar-refractivity contribution in [1.29, 1.82) is 0 Å². The first-order chi connectivity index (χ1) is 9.23. The number of rotatable bonds is 2. The van der Waals surface area contributed by atoms with Crippen LogP contribution in [0.4, 0.5) is 27.6 Å². The first kappa shape index (κ1) is 14.7. The normalized spacial score (nSPS) is 15.7. The summed E-state index contributed by atoms with van der Waals surface area (Å²) in [4.78, 5) is 11.2. The number of carbonyl (C=O) groups excluding carboxylic acids is 1.